The number of nitrogens with zero attached hydrogens (tertiary/aromatic N) is 2. The molecule has 1 fully saturated rings. The summed E-state index contributed by atoms with van der Waals surface area (Å²) in [4.78, 5) is 19.4. The highest BCUT2D eigenvalue weighted by atomic mass is 19.1. The normalized spacial score (nSPS) is 16.4. The van der Waals surface area contributed by atoms with Crippen molar-refractivity contribution in [3.63, 3.8) is 0 Å². The molecule has 2 rings (SSSR count). The molecule has 0 saturated carbocycles. The number of aryl methyl sites for hydroxylation is 1. The molecule has 1 heterocycles. The van der Waals surface area contributed by atoms with Gasteiger partial charge in [0, 0.05) is 44.3 Å². The fourth-order valence-electron chi connectivity index (χ4n) is 3.38. The van der Waals surface area contributed by atoms with Crippen LogP contribution >= 0.6 is 0 Å². The zero-order chi connectivity index (χ0) is 21.9. The monoisotopic (exact) mass is 421 g/mol. The van der Waals surface area contributed by atoms with Crippen molar-refractivity contribution in [1.29, 1.82) is 0 Å². The van der Waals surface area contributed by atoms with Gasteiger partial charge in [-0.1, -0.05) is 19.9 Å². The molecule has 0 aromatic heterocycles. The lowest BCUT2D eigenvalue weighted by atomic mass is 10.0. The topological polar surface area (TPSA) is 78.0 Å². The molecular formula is C22H36FN5O2. The molecular weight excluding hydrogens is 385 g/mol. The Balaban J connectivity index is 1.83. The van der Waals surface area contributed by atoms with E-state index in [0.717, 1.165) is 38.8 Å². The minimum absolute atomic E-state index is 0.287. The van der Waals surface area contributed by atoms with Crippen molar-refractivity contribution in [2.75, 3.05) is 52.5 Å². The number of aliphatic imine (C=N–C) groups is 1. The first-order valence-electron chi connectivity index (χ1n) is 10.8. The number of hydrogen-bond donors (Lipinski definition) is 3. The standard InChI is InChI=1S/C22H36FN5O2/c1-5-24-22(27-15-20(16(2)3)28-10-12-30-13-11-28)26-9-8-25-21(29)18-7-6-17(4)19(23)14-18/h6-7,14,16,20H,5,8-13,15H2,1-4H3,(H,25,29)(H2,24,26,27). The third-order valence-electron chi connectivity index (χ3n) is 5.20. The van der Waals surface area contributed by atoms with E-state index in [1.165, 1.54) is 6.07 Å². The molecule has 0 spiro atoms. The maximum atomic E-state index is 13.6. The molecule has 0 aliphatic carbocycles. The number of hydrogen-bond acceptors (Lipinski definition) is 4. The molecule has 1 unspecified atom stereocenters. The van der Waals surface area contributed by atoms with Gasteiger partial charge < -0.3 is 20.7 Å². The van der Waals surface area contributed by atoms with E-state index in [9.17, 15) is 9.18 Å². The average molecular weight is 422 g/mol. The first-order valence-corrected chi connectivity index (χ1v) is 10.8. The highest BCUT2D eigenvalue weighted by Crippen LogP contribution is 2.13. The summed E-state index contributed by atoms with van der Waals surface area (Å²) in [5, 5.41) is 9.30. The van der Waals surface area contributed by atoms with Gasteiger partial charge in [-0.3, -0.25) is 14.7 Å². The van der Waals surface area contributed by atoms with E-state index >= 15 is 0 Å². The lowest BCUT2D eigenvalue weighted by Gasteiger charge is -2.36. The van der Waals surface area contributed by atoms with Gasteiger partial charge in [0.2, 0.25) is 0 Å². The number of carbonyl (C=O) groups is 1. The molecule has 1 saturated heterocycles. The quantitative estimate of drug-likeness (QED) is 0.322. The van der Waals surface area contributed by atoms with Crippen LogP contribution in [-0.4, -0.2) is 75.3 Å². The number of guanidine groups is 1. The Bertz CT molecular complexity index is 705. The van der Waals surface area contributed by atoms with Crippen LogP contribution < -0.4 is 16.0 Å². The van der Waals surface area contributed by atoms with Crippen molar-refractivity contribution in [2.24, 2.45) is 10.9 Å². The summed E-state index contributed by atoms with van der Waals surface area (Å²) >= 11 is 0. The van der Waals surface area contributed by atoms with Gasteiger partial charge in [-0.25, -0.2) is 4.39 Å². The fourth-order valence-corrected chi connectivity index (χ4v) is 3.38. The first kappa shape index (κ1) is 24.1. The van der Waals surface area contributed by atoms with Crippen LogP contribution in [0.3, 0.4) is 0 Å². The number of halogens is 1. The van der Waals surface area contributed by atoms with Crippen LogP contribution in [0.2, 0.25) is 0 Å². The predicted molar refractivity (Wildman–Crippen MR) is 118 cm³/mol. The summed E-state index contributed by atoms with van der Waals surface area (Å²) in [5.41, 5.74) is 0.848. The summed E-state index contributed by atoms with van der Waals surface area (Å²) in [6.07, 6.45) is 0. The van der Waals surface area contributed by atoms with Crippen molar-refractivity contribution >= 4 is 11.9 Å². The minimum Gasteiger partial charge on any atom is -0.379 e. The average Bonchev–Trinajstić information content (AvgIpc) is 2.73. The Labute approximate surface area is 179 Å². The third-order valence-corrected chi connectivity index (χ3v) is 5.20. The molecule has 0 radical (unpaired) electrons. The van der Waals surface area contributed by atoms with Gasteiger partial charge in [0.25, 0.3) is 5.91 Å². The highest BCUT2D eigenvalue weighted by molar-refractivity contribution is 5.94. The summed E-state index contributed by atoms with van der Waals surface area (Å²) in [5.74, 6) is 0.558. The van der Waals surface area contributed by atoms with E-state index in [1.807, 2.05) is 6.92 Å². The lowest BCUT2D eigenvalue weighted by Crippen LogP contribution is -2.48. The maximum Gasteiger partial charge on any atom is 0.251 e. The van der Waals surface area contributed by atoms with Crippen molar-refractivity contribution in [1.82, 2.24) is 20.9 Å². The van der Waals surface area contributed by atoms with Crippen LogP contribution in [0.25, 0.3) is 0 Å². The van der Waals surface area contributed by atoms with Crippen LogP contribution in [0.5, 0.6) is 0 Å². The van der Waals surface area contributed by atoms with Gasteiger partial charge in [0.15, 0.2) is 5.96 Å². The second kappa shape index (κ2) is 12.5. The molecule has 1 aliphatic heterocycles. The zero-order valence-corrected chi connectivity index (χ0v) is 18.6. The van der Waals surface area contributed by atoms with Crippen LogP contribution in [-0.2, 0) is 4.74 Å². The van der Waals surface area contributed by atoms with Crippen molar-refractivity contribution in [3.05, 3.63) is 35.1 Å². The molecule has 3 N–H and O–H groups in total. The van der Waals surface area contributed by atoms with Gasteiger partial charge in [-0.05, 0) is 37.5 Å². The highest BCUT2D eigenvalue weighted by Gasteiger charge is 2.23. The van der Waals surface area contributed by atoms with E-state index in [2.05, 4.69) is 34.7 Å². The van der Waals surface area contributed by atoms with Crippen molar-refractivity contribution in [3.8, 4) is 0 Å². The first-order chi connectivity index (χ1) is 14.4. The van der Waals surface area contributed by atoms with Gasteiger partial charge in [-0.2, -0.15) is 0 Å². The molecule has 1 amide bonds. The summed E-state index contributed by atoms with van der Waals surface area (Å²) in [7, 11) is 0. The largest absolute Gasteiger partial charge is 0.379 e. The van der Waals surface area contributed by atoms with Crippen LogP contribution in [0.1, 0.15) is 36.7 Å². The maximum absolute atomic E-state index is 13.6. The van der Waals surface area contributed by atoms with Gasteiger partial charge in [-0.15, -0.1) is 0 Å². The van der Waals surface area contributed by atoms with Gasteiger partial charge >= 0.3 is 0 Å². The number of carbonyl (C=O) groups excluding carboxylic acids is 1. The molecule has 1 aromatic rings. The summed E-state index contributed by atoms with van der Waals surface area (Å²) < 4.78 is 19.1. The SMILES string of the molecule is CCNC(=NCC(C(C)C)N1CCOCC1)NCCNC(=O)c1ccc(C)c(F)c1. The Morgan fingerprint density at radius 2 is 1.90 bits per heavy atom. The summed E-state index contributed by atoms with van der Waals surface area (Å²) in [6, 6.07) is 4.87. The van der Waals surface area contributed by atoms with E-state index in [1.54, 1.807) is 19.1 Å². The second-order valence-electron chi connectivity index (χ2n) is 7.83. The predicted octanol–water partition coefficient (Wildman–Crippen LogP) is 1.78. The molecule has 0 bridgehead atoms. The van der Waals surface area contributed by atoms with Gasteiger partial charge in [0.05, 0.1) is 19.8 Å². The number of rotatable bonds is 9. The summed E-state index contributed by atoms with van der Waals surface area (Å²) in [6.45, 7) is 13.9. The lowest BCUT2D eigenvalue weighted by molar-refractivity contribution is 0.00867. The van der Waals surface area contributed by atoms with Crippen LogP contribution in [0.15, 0.2) is 23.2 Å². The number of nitrogens with one attached hydrogen (secondary N) is 3. The molecule has 1 aliphatic rings. The van der Waals surface area contributed by atoms with E-state index in [-0.39, 0.29) is 11.7 Å². The zero-order valence-electron chi connectivity index (χ0n) is 18.6. The Kier molecular flexibility index (Phi) is 10.0. The fraction of sp³-hybridized carbons (Fsp3) is 0.636. The van der Waals surface area contributed by atoms with Crippen LogP contribution in [0.4, 0.5) is 4.39 Å². The van der Waals surface area contributed by atoms with E-state index < -0.39 is 0 Å². The van der Waals surface area contributed by atoms with E-state index in [0.29, 0.717) is 42.7 Å². The second-order valence-corrected chi connectivity index (χ2v) is 7.83. The Hall–Kier alpha value is -2.19. The molecule has 30 heavy (non-hydrogen) atoms. The number of amides is 1. The number of ether oxygens (including phenoxy) is 1. The molecule has 1 atom stereocenters. The Morgan fingerprint density at radius 3 is 2.53 bits per heavy atom. The van der Waals surface area contributed by atoms with Gasteiger partial charge in [0.1, 0.15) is 5.82 Å². The smallest absolute Gasteiger partial charge is 0.251 e. The molecule has 1 aromatic carbocycles. The molecule has 168 valence electrons. The molecule has 7 nitrogen and oxygen atoms in total. The number of morpholine rings is 1. The minimum atomic E-state index is -0.373. The third kappa shape index (κ3) is 7.57. The Morgan fingerprint density at radius 1 is 1.20 bits per heavy atom. The van der Waals surface area contributed by atoms with Crippen molar-refractivity contribution < 1.29 is 13.9 Å². The van der Waals surface area contributed by atoms with E-state index in [4.69, 9.17) is 9.73 Å². The van der Waals surface area contributed by atoms with Crippen LogP contribution in [0, 0.1) is 18.7 Å². The number of benzene rings is 1. The van der Waals surface area contributed by atoms with Crippen molar-refractivity contribution in [2.45, 2.75) is 33.7 Å². The molecule has 8 heteroatoms.